The number of rotatable bonds is 6. The molecule has 0 saturated carbocycles. The fourth-order valence-electron chi connectivity index (χ4n) is 2.20. The Morgan fingerprint density at radius 3 is 2.77 bits per heavy atom. The van der Waals surface area contributed by atoms with Crippen molar-refractivity contribution in [2.45, 2.75) is 25.9 Å². The number of carbonyl (C=O) groups is 3. The molecule has 0 fully saturated rings. The Kier molecular flexibility index (Phi) is 4.98. The number of ether oxygens (including phenoxy) is 1. The zero-order valence-corrected chi connectivity index (χ0v) is 12.2. The van der Waals surface area contributed by atoms with Gasteiger partial charge in [-0.2, -0.15) is 0 Å². The molecule has 1 aromatic carbocycles. The fourth-order valence-corrected chi connectivity index (χ4v) is 2.20. The minimum atomic E-state index is -0.966. The van der Waals surface area contributed by atoms with Crippen molar-refractivity contribution in [3.63, 3.8) is 0 Å². The third kappa shape index (κ3) is 3.75. The van der Waals surface area contributed by atoms with Crippen molar-refractivity contribution in [2.75, 3.05) is 18.0 Å². The van der Waals surface area contributed by atoms with Crippen molar-refractivity contribution in [1.82, 2.24) is 5.32 Å². The van der Waals surface area contributed by atoms with Crippen molar-refractivity contribution in [3.8, 4) is 5.75 Å². The lowest BCUT2D eigenvalue weighted by Gasteiger charge is -2.32. The lowest BCUT2D eigenvalue weighted by Crippen LogP contribution is -2.45. The van der Waals surface area contributed by atoms with Gasteiger partial charge in [0.1, 0.15) is 5.75 Å². The van der Waals surface area contributed by atoms with Gasteiger partial charge in [0, 0.05) is 19.5 Å². The number of carboxylic acids is 1. The molecule has 0 bridgehead atoms. The van der Waals surface area contributed by atoms with E-state index in [0.717, 1.165) is 0 Å². The van der Waals surface area contributed by atoms with E-state index in [1.165, 1.54) is 4.90 Å². The molecule has 1 heterocycles. The first kappa shape index (κ1) is 15.8. The average molecular weight is 306 g/mol. The van der Waals surface area contributed by atoms with Gasteiger partial charge in [-0.05, 0) is 19.1 Å². The van der Waals surface area contributed by atoms with Gasteiger partial charge in [0.15, 0.2) is 6.10 Å². The van der Waals surface area contributed by atoms with E-state index in [1.807, 2.05) is 6.07 Å². The molecule has 0 saturated heterocycles. The molecule has 0 aliphatic carbocycles. The van der Waals surface area contributed by atoms with Crippen LogP contribution in [0.2, 0.25) is 0 Å². The van der Waals surface area contributed by atoms with Crippen LogP contribution >= 0.6 is 0 Å². The summed E-state index contributed by atoms with van der Waals surface area (Å²) in [5, 5.41) is 11.0. The topological polar surface area (TPSA) is 95.9 Å². The van der Waals surface area contributed by atoms with Crippen molar-refractivity contribution >= 4 is 23.5 Å². The van der Waals surface area contributed by atoms with Gasteiger partial charge in [-0.25, -0.2) is 0 Å². The van der Waals surface area contributed by atoms with E-state index in [4.69, 9.17) is 9.84 Å². The first-order valence-corrected chi connectivity index (χ1v) is 7.04. The molecule has 0 radical (unpaired) electrons. The standard InChI is InChI=1S/C15H18N2O5/c1-10-15(21)17(11-4-2-3-5-12(11)22-10)9-7-13(18)16-8-6-14(19)20/h2-5,10H,6-9H2,1H3,(H,16,18)(H,19,20). The summed E-state index contributed by atoms with van der Waals surface area (Å²) in [6, 6.07) is 7.16. The lowest BCUT2D eigenvalue weighted by molar-refractivity contribution is -0.137. The highest BCUT2D eigenvalue weighted by molar-refractivity contribution is 6.00. The van der Waals surface area contributed by atoms with Crippen LogP contribution in [0.25, 0.3) is 0 Å². The largest absolute Gasteiger partial charge is 0.481 e. The Morgan fingerprint density at radius 2 is 2.05 bits per heavy atom. The third-order valence-electron chi connectivity index (χ3n) is 3.30. The van der Waals surface area contributed by atoms with Crippen molar-refractivity contribution in [2.24, 2.45) is 0 Å². The number of carbonyl (C=O) groups excluding carboxylic acids is 2. The van der Waals surface area contributed by atoms with Gasteiger partial charge in [-0.1, -0.05) is 12.1 Å². The van der Waals surface area contributed by atoms with Crippen molar-refractivity contribution in [3.05, 3.63) is 24.3 Å². The Bertz CT molecular complexity index is 587. The highest BCUT2D eigenvalue weighted by Gasteiger charge is 2.31. The Morgan fingerprint density at radius 1 is 1.32 bits per heavy atom. The molecular formula is C15H18N2O5. The van der Waals surface area contributed by atoms with Crippen molar-refractivity contribution < 1.29 is 24.2 Å². The van der Waals surface area contributed by atoms with E-state index < -0.39 is 12.1 Å². The van der Waals surface area contributed by atoms with Crippen LogP contribution in [0, 0.1) is 0 Å². The first-order valence-electron chi connectivity index (χ1n) is 7.04. The van der Waals surface area contributed by atoms with Crippen LogP contribution in [0.1, 0.15) is 19.8 Å². The van der Waals surface area contributed by atoms with Crippen LogP contribution in [-0.2, 0) is 14.4 Å². The molecule has 1 unspecified atom stereocenters. The maximum Gasteiger partial charge on any atom is 0.305 e. The summed E-state index contributed by atoms with van der Waals surface area (Å²) in [5.41, 5.74) is 0.643. The molecule has 2 N–H and O–H groups in total. The van der Waals surface area contributed by atoms with Gasteiger partial charge in [0.05, 0.1) is 12.1 Å². The van der Waals surface area contributed by atoms with E-state index in [2.05, 4.69) is 5.32 Å². The first-order chi connectivity index (χ1) is 10.5. The maximum atomic E-state index is 12.2. The molecule has 2 amide bonds. The molecule has 2 rings (SSSR count). The number of para-hydroxylation sites is 2. The van der Waals surface area contributed by atoms with E-state index in [0.29, 0.717) is 11.4 Å². The highest BCUT2D eigenvalue weighted by atomic mass is 16.5. The highest BCUT2D eigenvalue weighted by Crippen LogP contribution is 2.33. The van der Waals surface area contributed by atoms with E-state index in [9.17, 15) is 14.4 Å². The Balaban J connectivity index is 1.95. The summed E-state index contributed by atoms with van der Waals surface area (Å²) in [4.78, 5) is 35.8. The third-order valence-corrected chi connectivity index (χ3v) is 3.30. The number of hydrogen-bond donors (Lipinski definition) is 2. The number of aliphatic carboxylic acids is 1. The summed E-state index contributed by atoms with van der Waals surface area (Å²) < 4.78 is 5.52. The summed E-state index contributed by atoms with van der Waals surface area (Å²) in [6.07, 6.45) is -0.612. The molecule has 1 aliphatic rings. The van der Waals surface area contributed by atoms with Crippen LogP contribution < -0.4 is 15.0 Å². The van der Waals surface area contributed by atoms with Crippen LogP contribution in [0.4, 0.5) is 5.69 Å². The second-order valence-electron chi connectivity index (χ2n) is 4.96. The number of nitrogens with zero attached hydrogens (tertiary/aromatic N) is 1. The number of carboxylic acid groups (broad SMARTS) is 1. The summed E-state index contributed by atoms with van der Waals surface area (Å²) in [6.45, 7) is 1.97. The molecular weight excluding hydrogens is 288 g/mol. The second-order valence-corrected chi connectivity index (χ2v) is 4.96. The maximum absolute atomic E-state index is 12.2. The van der Waals surface area contributed by atoms with Gasteiger partial charge in [0.25, 0.3) is 5.91 Å². The van der Waals surface area contributed by atoms with Gasteiger partial charge in [-0.15, -0.1) is 0 Å². The SMILES string of the molecule is CC1Oc2ccccc2N(CCC(=O)NCCC(=O)O)C1=O. The molecule has 0 spiro atoms. The predicted molar refractivity (Wildman–Crippen MR) is 78.8 cm³/mol. The number of nitrogens with one attached hydrogen (secondary N) is 1. The predicted octanol–water partition coefficient (Wildman–Crippen LogP) is 0.782. The van der Waals surface area contributed by atoms with Crippen LogP contribution in [0.3, 0.4) is 0 Å². The number of hydrogen-bond acceptors (Lipinski definition) is 4. The van der Waals surface area contributed by atoms with Gasteiger partial charge in [-0.3, -0.25) is 14.4 Å². The van der Waals surface area contributed by atoms with Crippen LogP contribution in [0.15, 0.2) is 24.3 Å². The van der Waals surface area contributed by atoms with E-state index in [-0.39, 0.29) is 37.7 Å². The molecule has 1 atom stereocenters. The van der Waals surface area contributed by atoms with Gasteiger partial charge < -0.3 is 20.1 Å². The summed E-state index contributed by atoms with van der Waals surface area (Å²) >= 11 is 0. The number of anilines is 1. The normalized spacial score (nSPS) is 16.7. The number of fused-ring (bicyclic) bond motifs is 1. The smallest absolute Gasteiger partial charge is 0.305 e. The quantitative estimate of drug-likeness (QED) is 0.809. The average Bonchev–Trinajstić information content (AvgIpc) is 2.47. The Hall–Kier alpha value is -2.57. The number of amides is 2. The summed E-state index contributed by atoms with van der Waals surface area (Å²) in [5.74, 6) is -0.838. The molecule has 7 nitrogen and oxygen atoms in total. The monoisotopic (exact) mass is 306 g/mol. The van der Waals surface area contributed by atoms with Gasteiger partial charge in [0.2, 0.25) is 5.91 Å². The molecule has 22 heavy (non-hydrogen) atoms. The zero-order valence-electron chi connectivity index (χ0n) is 12.2. The molecule has 0 aromatic heterocycles. The molecule has 1 aliphatic heterocycles. The Labute approximate surface area is 127 Å². The molecule has 7 heteroatoms. The summed E-state index contributed by atoms with van der Waals surface area (Å²) in [7, 11) is 0. The molecule has 1 aromatic rings. The van der Waals surface area contributed by atoms with Crippen molar-refractivity contribution in [1.29, 1.82) is 0 Å². The number of benzene rings is 1. The molecule has 118 valence electrons. The van der Waals surface area contributed by atoms with Crippen LogP contribution in [0.5, 0.6) is 5.75 Å². The van der Waals surface area contributed by atoms with E-state index >= 15 is 0 Å². The minimum absolute atomic E-state index is 0.0816. The fraction of sp³-hybridized carbons (Fsp3) is 0.400. The minimum Gasteiger partial charge on any atom is -0.481 e. The zero-order chi connectivity index (χ0) is 16.1. The van der Waals surface area contributed by atoms with E-state index in [1.54, 1.807) is 25.1 Å². The van der Waals surface area contributed by atoms with Crippen LogP contribution in [-0.4, -0.2) is 42.1 Å². The lowest BCUT2D eigenvalue weighted by atomic mass is 10.1. The second kappa shape index (κ2) is 6.93. The van der Waals surface area contributed by atoms with Gasteiger partial charge >= 0.3 is 5.97 Å².